The van der Waals surface area contributed by atoms with Crippen LogP contribution in [0.3, 0.4) is 0 Å². The van der Waals surface area contributed by atoms with E-state index in [1.165, 1.54) is 0 Å². The van der Waals surface area contributed by atoms with E-state index in [4.69, 9.17) is 11.6 Å². The SMILES string of the molecule is Cc1nn(Cn2cc(Cl)cn2)c(C)c1NC(=O)c1c(I)cnn1C. The van der Waals surface area contributed by atoms with Crippen molar-refractivity contribution < 1.29 is 4.79 Å². The van der Waals surface area contributed by atoms with Crippen LogP contribution in [0.5, 0.6) is 0 Å². The van der Waals surface area contributed by atoms with E-state index < -0.39 is 0 Å². The van der Waals surface area contributed by atoms with E-state index in [1.54, 1.807) is 39.7 Å². The summed E-state index contributed by atoms with van der Waals surface area (Å²) in [5.74, 6) is -0.215. The molecule has 8 nitrogen and oxygen atoms in total. The molecule has 3 rings (SSSR count). The van der Waals surface area contributed by atoms with Crippen molar-refractivity contribution >= 4 is 45.8 Å². The van der Waals surface area contributed by atoms with E-state index in [1.807, 2.05) is 13.8 Å². The first-order chi connectivity index (χ1) is 11.4. The maximum atomic E-state index is 12.5. The summed E-state index contributed by atoms with van der Waals surface area (Å²) in [6, 6.07) is 0. The van der Waals surface area contributed by atoms with Gasteiger partial charge in [-0.15, -0.1) is 0 Å². The van der Waals surface area contributed by atoms with Crippen LogP contribution in [-0.4, -0.2) is 35.2 Å². The molecule has 0 fully saturated rings. The van der Waals surface area contributed by atoms with E-state index in [2.05, 4.69) is 43.2 Å². The van der Waals surface area contributed by atoms with E-state index in [0.717, 1.165) is 15.0 Å². The van der Waals surface area contributed by atoms with Crippen LogP contribution in [-0.2, 0) is 13.7 Å². The van der Waals surface area contributed by atoms with E-state index in [-0.39, 0.29) is 5.91 Å². The number of carbonyl (C=O) groups excluding carboxylic acids is 1. The number of carbonyl (C=O) groups is 1. The third kappa shape index (κ3) is 3.18. The summed E-state index contributed by atoms with van der Waals surface area (Å²) in [5, 5.41) is 16.2. The van der Waals surface area contributed by atoms with Gasteiger partial charge in [-0.1, -0.05) is 11.6 Å². The van der Waals surface area contributed by atoms with Crippen molar-refractivity contribution in [2.45, 2.75) is 20.5 Å². The lowest BCUT2D eigenvalue weighted by molar-refractivity contribution is 0.101. The highest BCUT2D eigenvalue weighted by atomic mass is 127. The molecule has 0 aliphatic carbocycles. The standard InChI is InChI=1S/C14H15ClIN7O/c1-8-12(19-14(24)13-11(16)5-17-21(13)3)9(2)23(20-8)7-22-6-10(15)4-18-22/h4-6H,7H2,1-3H3,(H,19,24). The molecule has 0 radical (unpaired) electrons. The van der Waals surface area contributed by atoms with Crippen LogP contribution in [0.4, 0.5) is 5.69 Å². The van der Waals surface area contributed by atoms with Gasteiger partial charge in [0.05, 0.1) is 38.1 Å². The van der Waals surface area contributed by atoms with Crippen molar-refractivity contribution in [3.8, 4) is 0 Å². The molecule has 0 bridgehead atoms. The van der Waals surface area contributed by atoms with Gasteiger partial charge in [-0.05, 0) is 36.4 Å². The molecule has 3 aromatic heterocycles. The first-order valence-electron chi connectivity index (χ1n) is 7.07. The summed E-state index contributed by atoms with van der Waals surface area (Å²) in [4.78, 5) is 12.5. The first-order valence-corrected chi connectivity index (χ1v) is 8.53. The average molecular weight is 460 g/mol. The molecule has 10 heteroatoms. The molecular formula is C14H15ClIN7O. The molecule has 126 valence electrons. The number of halogens is 2. The van der Waals surface area contributed by atoms with Crippen LogP contribution >= 0.6 is 34.2 Å². The summed E-state index contributed by atoms with van der Waals surface area (Å²) < 4.78 is 5.79. The monoisotopic (exact) mass is 459 g/mol. The zero-order valence-electron chi connectivity index (χ0n) is 13.3. The lowest BCUT2D eigenvalue weighted by atomic mass is 10.3. The van der Waals surface area contributed by atoms with Crippen molar-refractivity contribution in [2.24, 2.45) is 7.05 Å². The Morgan fingerprint density at radius 2 is 2.08 bits per heavy atom. The molecule has 0 atom stereocenters. The van der Waals surface area contributed by atoms with Crippen LogP contribution in [0.2, 0.25) is 5.02 Å². The van der Waals surface area contributed by atoms with Gasteiger partial charge in [0, 0.05) is 13.2 Å². The Bertz CT molecular complexity index is 891. The minimum Gasteiger partial charge on any atom is -0.317 e. The molecule has 0 spiro atoms. The van der Waals surface area contributed by atoms with Crippen molar-refractivity contribution in [3.05, 3.63) is 44.3 Å². The summed E-state index contributed by atoms with van der Waals surface area (Å²) >= 11 is 7.97. The summed E-state index contributed by atoms with van der Waals surface area (Å²) in [6.07, 6.45) is 4.94. The molecule has 0 saturated carbocycles. The molecular weight excluding hydrogens is 445 g/mol. The van der Waals surface area contributed by atoms with Gasteiger partial charge in [-0.2, -0.15) is 15.3 Å². The highest BCUT2D eigenvalue weighted by Gasteiger charge is 2.19. The van der Waals surface area contributed by atoms with Gasteiger partial charge in [0.25, 0.3) is 5.91 Å². The fourth-order valence-electron chi connectivity index (χ4n) is 2.41. The molecule has 1 N–H and O–H groups in total. The normalized spacial score (nSPS) is 11.0. The third-order valence-electron chi connectivity index (χ3n) is 3.61. The molecule has 0 aliphatic rings. The Labute approximate surface area is 156 Å². The maximum Gasteiger partial charge on any atom is 0.275 e. The van der Waals surface area contributed by atoms with Crippen LogP contribution < -0.4 is 5.32 Å². The number of aromatic nitrogens is 6. The summed E-state index contributed by atoms with van der Waals surface area (Å²) in [6.45, 7) is 4.16. The van der Waals surface area contributed by atoms with Crippen LogP contribution in [0.1, 0.15) is 21.9 Å². The maximum absolute atomic E-state index is 12.5. The third-order valence-corrected chi connectivity index (χ3v) is 4.59. The fraction of sp³-hybridized carbons (Fsp3) is 0.286. The van der Waals surface area contributed by atoms with Crippen LogP contribution in [0.15, 0.2) is 18.6 Å². The minimum absolute atomic E-state index is 0.215. The lowest BCUT2D eigenvalue weighted by Crippen LogP contribution is -2.18. The minimum atomic E-state index is -0.215. The number of anilines is 1. The molecule has 0 aromatic carbocycles. The van der Waals surface area contributed by atoms with Crippen molar-refractivity contribution in [1.29, 1.82) is 0 Å². The van der Waals surface area contributed by atoms with Gasteiger partial charge in [-0.25, -0.2) is 9.36 Å². The summed E-state index contributed by atoms with van der Waals surface area (Å²) in [7, 11) is 1.74. The number of amides is 1. The molecule has 24 heavy (non-hydrogen) atoms. The number of nitrogens with one attached hydrogen (secondary N) is 1. The van der Waals surface area contributed by atoms with E-state index in [0.29, 0.717) is 23.1 Å². The molecule has 0 unspecified atom stereocenters. The number of nitrogens with zero attached hydrogens (tertiary/aromatic N) is 6. The van der Waals surface area contributed by atoms with Gasteiger partial charge >= 0.3 is 0 Å². The number of rotatable bonds is 4. The quantitative estimate of drug-likeness (QED) is 0.608. The predicted octanol–water partition coefficient (Wildman–Crippen LogP) is 2.45. The smallest absolute Gasteiger partial charge is 0.275 e. The van der Waals surface area contributed by atoms with E-state index >= 15 is 0 Å². The highest BCUT2D eigenvalue weighted by molar-refractivity contribution is 14.1. The molecule has 0 aliphatic heterocycles. The van der Waals surface area contributed by atoms with Crippen molar-refractivity contribution in [3.63, 3.8) is 0 Å². The topological polar surface area (TPSA) is 82.6 Å². The Morgan fingerprint density at radius 3 is 2.67 bits per heavy atom. The first kappa shape index (κ1) is 17.0. The number of hydrogen-bond acceptors (Lipinski definition) is 4. The molecule has 1 amide bonds. The van der Waals surface area contributed by atoms with Crippen molar-refractivity contribution in [1.82, 2.24) is 29.3 Å². The zero-order valence-corrected chi connectivity index (χ0v) is 16.2. The van der Waals surface area contributed by atoms with Gasteiger partial charge in [-0.3, -0.25) is 9.48 Å². The number of aryl methyl sites for hydroxylation is 2. The van der Waals surface area contributed by atoms with Gasteiger partial charge in [0.2, 0.25) is 0 Å². The van der Waals surface area contributed by atoms with E-state index in [9.17, 15) is 4.79 Å². The second kappa shape index (κ2) is 6.55. The van der Waals surface area contributed by atoms with Gasteiger partial charge < -0.3 is 5.32 Å². The zero-order chi connectivity index (χ0) is 17.4. The highest BCUT2D eigenvalue weighted by Crippen LogP contribution is 2.21. The Hall–Kier alpha value is -1.88. The molecule has 3 heterocycles. The average Bonchev–Trinajstić information content (AvgIpc) is 3.15. The Balaban J connectivity index is 1.85. The number of hydrogen-bond donors (Lipinski definition) is 1. The van der Waals surface area contributed by atoms with Gasteiger partial charge in [0.1, 0.15) is 12.4 Å². The van der Waals surface area contributed by atoms with Crippen LogP contribution in [0, 0.1) is 17.4 Å². The second-order valence-corrected chi connectivity index (χ2v) is 6.90. The molecule has 0 saturated heterocycles. The van der Waals surface area contributed by atoms with Crippen LogP contribution in [0.25, 0.3) is 0 Å². The Morgan fingerprint density at radius 1 is 1.33 bits per heavy atom. The summed E-state index contributed by atoms with van der Waals surface area (Å²) in [5.41, 5.74) is 2.78. The molecule has 3 aromatic rings. The largest absolute Gasteiger partial charge is 0.317 e. The van der Waals surface area contributed by atoms with Gasteiger partial charge in [0.15, 0.2) is 0 Å². The fourth-order valence-corrected chi connectivity index (χ4v) is 3.28. The Kier molecular flexibility index (Phi) is 4.63. The lowest BCUT2D eigenvalue weighted by Gasteiger charge is -2.08. The predicted molar refractivity (Wildman–Crippen MR) is 98.2 cm³/mol. The van der Waals surface area contributed by atoms with Crippen molar-refractivity contribution in [2.75, 3.05) is 5.32 Å². The second-order valence-electron chi connectivity index (χ2n) is 5.30.